The normalized spacial score (nSPS) is 19.3. The topological polar surface area (TPSA) is 77.9 Å². The fourth-order valence-electron chi connectivity index (χ4n) is 3.75. The first-order valence-electron chi connectivity index (χ1n) is 9.99. The lowest BCUT2D eigenvalue weighted by Gasteiger charge is -2.36. The van der Waals surface area contributed by atoms with E-state index in [4.69, 9.17) is 0 Å². The van der Waals surface area contributed by atoms with Crippen LogP contribution in [0.15, 0.2) is 57.9 Å². The second kappa shape index (κ2) is 9.49. The first-order chi connectivity index (χ1) is 14.2. The van der Waals surface area contributed by atoms with Crippen LogP contribution in [0.3, 0.4) is 0 Å². The summed E-state index contributed by atoms with van der Waals surface area (Å²) >= 11 is 3.38. The smallest absolute Gasteiger partial charge is 0.264 e. The lowest BCUT2D eigenvalue weighted by Crippen LogP contribution is -2.50. The second-order valence-electron chi connectivity index (χ2n) is 7.73. The van der Waals surface area contributed by atoms with Gasteiger partial charge >= 0.3 is 0 Å². The number of sulfonamides is 1. The van der Waals surface area contributed by atoms with Gasteiger partial charge in [-0.1, -0.05) is 52.5 Å². The van der Waals surface area contributed by atoms with E-state index >= 15 is 0 Å². The number of hydrogen-bond acceptors (Lipinski definition) is 4. The molecule has 1 aliphatic rings. The van der Waals surface area contributed by atoms with E-state index in [-0.39, 0.29) is 23.4 Å². The first kappa shape index (κ1) is 22.8. The van der Waals surface area contributed by atoms with E-state index in [2.05, 4.69) is 15.9 Å². The van der Waals surface area contributed by atoms with E-state index in [1.807, 2.05) is 6.92 Å². The molecule has 0 heterocycles. The summed E-state index contributed by atoms with van der Waals surface area (Å²) in [5, 5.41) is 10.3. The molecule has 1 saturated carbocycles. The average Bonchev–Trinajstić information content (AvgIpc) is 2.72. The van der Waals surface area contributed by atoms with Crippen molar-refractivity contribution >= 4 is 37.5 Å². The van der Waals surface area contributed by atoms with Gasteiger partial charge in [0.1, 0.15) is 6.54 Å². The van der Waals surface area contributed by atoms with Crippen LogP contribution in [0.4, 0.5) is 5.69 Å². The number of hydrogen-bond donors (Lipinski definition) is 1. The van der Waals surface area contributed by atoms with E-state index in [1.165, 1.54) is 4.90 Å². The van der Waals surface area contributed by atoms with Crippen LogP contribution < -0.4 is 4.31 Å². The van der Waals surface area contributed by atoms with Crippen molar-refractivity contribution in [1.29, 1.82) is 0 Å². The molecule has 1 N–H and O–H groups in total. The van der Waals surface area contributed by atoms with Gasteiger partial charge in [-0.05, 0) is 50.1 Å². The molecule has 2 aromatic rings. The summed E-state index contributed by atoms with van der Waals surface area (Å²) in [5.74, 6) is -0.350. The molecule has 1 aliphatic carbocycles. The zero-order valence-electron chi connectivity index (χ0n) is 17.2. The molecule has 8 heteroatoms. The van der Waals surface area contributed by atoms with Crippen molar-refractivity contribution < 1.29 is 18.3 Å². The lowest BCUT2D eigenvalue weighted by atomic mass is 9.91. The zero-order valence-corrected chi connectivity index (χ0v) is 19.6. The third-order valence-corrected chi connectivity index (χ3v) is 7.85. The number of aliphatic hydroxyl groups is 1. The van der Waals surface area contributed by atoms with Crippen molar-refractivity contribution in [3.63, 3.8) is 0 Å². The highest BCUT2D eigenvalue weighted by Gasteiger charge is 2.33. The number of amides is 1. The number of carbonyl (C=O) groups is 1. The van der Waals surface area contributed by atoms with E-state index < -0.39 is 16.1 Å². The Kier molecular flexibility index (Phi) is 7.21. The molecule has 0 radical (unpaired) electrons. The van der Waals surface area contributed by atoms with Crippen LogP contribution in [-0.2, 0) is 14.8 Å². The minimum absolute atomic E-state index is 0.126. The highest BCUT2D eigenvalue weighted by molar-refractivity contribution is 9.10. The number of carbonyl (C=O) groups excluding carboxylic acids is 1. The molecule has 3 rings (SSSR count). The fraction of sp³-hybridized carbons (Fsp3) is 0.409. The van der Waals surface area contributed by atoms with Crippen molar-refractivity contribution in [3.05, 3.63) is 58.6 Å². The van der Waals surface area contributed by atoms with Gasteiger partial charge in [-0.3, -0.25) is 9.10 Å². The first-order valence-corrected chi connectivity index (χ1v) is 12.2. The summed E-state index contributed by atoms with van der Waals surface area (Å²) in [6.45, 7) is 1.54. The Morgan fingerprint density at radius 2 is 1.80 bits per heavy atom. The minimum atomic E-state index is -3.96. The Labute approximate surface area is 186 Å². The summed E-state index contributed by atoms with van der Waals surface area (Å²) in [4.78, 5) is 14.7. The van der Waals surface area contributed by atoms with Crippen molar-refractivity contribution in [1.82, 2.24) is 4.90 Å². The van der Waals surface area contributed by atoms with Gasteiger partial charge in [0.05, 0.1) is 22.7 Å². The number of rotatable bonds is 6. The van der Waals surface area contributed by atoms with Crippen LogP contribution in [0.5, 0.6) is 0 Å². The molecule has 6 nitrogen and oxygen atoms in total. The third-order valence-electron chi connectivity index (χ3n) is 5.57. The molecule has 0 bridgehead atoms. The van der Waals surface area contributed by atoms with Crippen LogP contribution in [0, 0.1) is 6.92 Å². The number of aryl methyl sites for hydroxylation is 1. The standard InChI is InChI=1S/C22H27BrN2O4S/c1-16-10-12-19(13-11-16)30(28,29)25(18-7-5-6-17(23)14-18)15-22(27)24(2)20-8-3-4-9-21(20)26/h5-7,10-14,20-21,26H,3-4,8-9,15H2,1-2H3. The van der Waals surface area contributed by atoms with Gasteiger partial charge in [0.25, 0.3) is 10.0 Å². The molecule has 1 amide bonds. The molecule has 0 spiro atoms. The molecule has 162 valence electrons. The summed E-state index contributed by atoms with van der Waals surface area (Å²) in [6, 6.07) is 13.1. The predicted octanol–water partition coefficient (Wildman–Crippen LogP) is 3.71. The van der Waals surface area contributed by atoms with Crippen LogP contribution >= 0.6 is 15.9 Å². The quantitative estimate of drug-likeness (QED) is 0.663. The highest BCUT2D eigenvalue weighted by atomic mass is 79.9. The van der Waals surface area contributed by atoms with Crippen molar-refractivity contribution in [2.24, 2.45) is 0 Å². The van der Waals surface area contributed by atoms with Crippen molar-refractivity contribution in [3.8, 4) is 0 Å². The number of halogens is 1. The van der Waals surface area contributed by atoms with Crippen molar-refractivity contribution in [2.75, 3.05) is 17.9 Å². The maximum absolute atomic E-state index is 13.4. The summed E-state index contributed by atoms with van der Waals surface area (Å²) in [6.07, 6.45) is 2.66. The number of nitrogens with zero attached hydrogens (tertiary/aromatic N) is 2. The molecule has 0 saturated heterocycles. The molecule has 1 fully saturated rings. The Hall–Kier alpha value is -1.90. The van der Waals surface area contributed by atoms with Gasteiger partial charge in [-0.25, -0.2) is 8.42 Å². The van der Waals surface area contributed by atoms with E-state index in [0.717, 1.165) is 22.7 Å². The van der Waals surface area contributed by atoms with E-state index in [0.29, 0.717) is 23.0 Å². The molecule has 2 aromatic carbocycles. The van der Waals surface area contributed by atoms with Crippen LogP contribution in [0.2, 0.25) is 0 Å². The van der Waals surface area contributed by atoms with Crippen molar-refractivity contribution in [2.45, 2.75) is 49.6 Å². The third kappa shape index (κ3) is 5.04. The Morgan fingerprint density at radius 3 is 2.43 bits per heavy atom. The average molecular weight is 495 g/mol. The van der Waals surface area contributed by atoms with Crippen LogP contribution in [0.1, 0.15) is 31.2 Å². The van der Waals surface area contributed by atoms with Gasteiger partial charge in [-0.2, -0.15) is 0 Å². The molecule has 2 atom stereocenters. The highest BCUT2D eigenvalue weighted by Crippen LogP contribution is 2.28. The van der Waals surface area contributed by atoms with Gasteiger partial charge in [0.15, 0.2) is 0 Å². The Morgan fingerprint density at radius 1 is 1.13 bits per heavy atom. The number of aliphatic hydroxyl groups excluding tert-OH is 1. The largest absolute Gasteiger partial charge is 0.391 e. The number of anilines is 1. The van der Waals surface area contributed by atoms with Gasteiger partial charge in [0, 0.05) is 11.5 Å². The molecule has 0 aromatic heterocycles. The van der Waals surface area contributed by atoms with E-state index in [9.17, 15) is 18.3 Å². The fourth-order valence-corrected chi connectivity index (χ4v) is 5.54. The van der Waals surface area contributed by atoms with E-state index in [1.54, 1.807) is 55.6 Å². The monoisotopic (exact) mass is 494 g/mol. The molecular weight excluding hydrogens is 468 g/mol. The molecule has 30 heavy (non-hydrogen) atoms. The molecular formula is C22H27BrN2O4S. The summed E-state index contributed by atoms with van der Waals surface area (Å²) < 4.78 is 28.7. The maximum atomic E-state index is 13.4. The predicted molar refractivity (Wildman–Crippen MR) is 121 cm³/mol. The van der Waals surface area contributed by atoms with Gasteiger partial charge in [-0.15, -0.1) is 0 Å². The lowest BCUT2D eigenvalue weighted by molar-refractivity contribution is -0.133. The zero-order chi connectivity index (χ0) is 21.9. The number of likely N-dealkylation sites (N-methyl/N-ethyl adjacent to an activating group) is 1. The SMILES string of the molecule is Cc1ccc(S(=O)(=O)N(CC(=O)N(C)C2CCCCC2O)c2cccc(Br)c2)cc1. The Balaban J connectivity index is 1.94. The maximum Gasteiger partial charge on any atom is 0.264 e. The van der Waals surface area contributed by atoms with Gasteiger partial charge < -0.3 is 10.0 Å². The van der Waals surface area contributed by atoms with Crippen LogP contribution in [-0.4, -0.2) is 50.1 Å². The second-order valence-corrected chi connectivity index (χ2v) is 10.5. The van der Waals surface area contributed by atoms with Crippen LogP contribution in [0.25, 0.3) is 0 Å². The molecule has 2 unspecified atom stereocenters. The summed E-state index contributed by atoms with van der Waals surface area (Å²) in [5.41, 5.74) is 1.35. The Bertz CT molecular complexity index is 994. The summed E-state index contributed by atoms with van der Waals surface area (Å²) in [7, 11) is -2.32. The minimum Gasteiger partial charge on any atom is -0.391 e. The molecule has 0 aliphatic heterocycles. The number of benzene rings is 2. The van der Waals surface area contributed by atoms with Gasteiger partial charge in [0.2, 0.25) is 5.91 Å².